The minimum absolute atomic E-state index is 0.0423. The highest BCUT2D eigenvalue weighted by Gasteiger charge is 2.11. The highest BCUT2D eigenvalue weighted by atomic mass is 16.5. The first kappa shape index (κ1) is 10.8. The van der Waals surface area contributed by atoms with Gasteiger partial charge in [0, 0.05) is 18.9 Å². The smallest absolute Gasteiger partial charge is 0.260 e. The lowest BCUT2D eigenvalue weighted by molar-refractivity contribution is 0.213. The van der Waals surface area contributed by atoms with Gasteiger partial charge in [-0.2, -0.15) is 0 Å². The Hall–Kier alpha value is -1.69. The lowest BCUT2D eigenvalue weighted by atomic mass is 10.4. The van der Waals surface area contributed by atoms with Crippen LogP contribution in [0, 0.1) is 6.92 Å². The van der Waals surface area contributed by atoms with Crippen LogP contribution in [0.2, 0.25) is 0 Å². The molecular weight excluding hydrogens is 206 g/mol. The highest BCUT2D eigenvalue weighted by molar-refractivity contribution is 5.48. The number of ether oxygens (including phenoxy) is 1. The van der Waals surface area contributed by atoms with Crippen LogP contribution in [0.15, 0.2) is 12.4 Å². The lowest BCUT2D eigenvalue weighted by Gasteiger charge is -2.13. The summed E-state index contributed by atoms with van der Waals surface area (Å²) in [6.07, 6.45) is 3.55. The maximum Gasteiger partial charge on any atom is 0.260 e. The van der Waals surface area contributed by atoms with E-state index >= 15 is 0 Å². The first-order valence-electron chi connectivity index (χ1n) is 5.20. The molecule has 2 rings (SSSR count). The summed E-state index contributed by atoms with van der Waals surface area (Å²) in [5.74, 6) is 1.34. The van der Waals surface area contributed by atoms with Crippen LogP contribution in [0.5, 0.6) is 5.88 Å². The zero-order chi connectivity index (χ0) is 11.5. The van der Waals surface area contributed by atoms with Crippen LogP contribution < -0.4 is 10.1 Å². The first-order valence-corrected chi connectivity index (χ1v) is 5.20. The molecule has 0 saturated carbocycles. The molecular formula is C10H15N5O. The second kappa shape index (κ2) is 4.44. The maximum absolute atomic E-state index is 5.68. The normalized spacial score (nSPS) is 12.9. The number of fused-ring (bicyclic) bond motifs is 1. The Morgan fingerprint density at radius 1 is 1.50 bits per heavy atom. The van der Waals surface area contributed by atoms with E-state index in [0.717, 1.165) is 12.4 Å². The fraction of sp³-hybridized carbons (Fsp3) is 0.500. The van der Waals surface area contributed by atoms with E-state index in [4.69, 9.17) is 4.74 Å². The van der Waals surface area contributed by atoms with Crippen molar-refractivity contribution in [3.63, 3.8) is 0 Å². The predicted molar refractivity (Wildman–Crippen MR) is 59.5 cm³/mol. The van der Waals surface area contributed by atoms with Gasteiger partial charge in [0.2, 0.25) is 5.65 Å². The zero-order valence-corrected chi connectivity index (χ0v) is 9.64. The van der Waals surface area contributed by atoms with Crippen molar-refractivity contribution in [2.45, 2.75) is 20.0 Å². The molecule has 6 nitrogen and oxygen atoms in total. The van der Waals surface area contributed by atoms with E-state index in [2.05, 4.69) is 20.5 Å². The molecule has 0 fully saturated rings. The van der Waals surface area contributed by atoms with Gasteiger partial charge in [-0.25, -0.2) is 4.98 Å². The van der Waals surface area contributed by atoms with Crippen LogP contribution in [0.4, 0.5) is 0 Å². The van der Waals surface area contributed by atoms with Crippen molar-refractivity contribution in [3.05, 3.63) is 18.2 Å². The van der Waals surface area contributed by atoms with Gasteiger partial charge in [-0.05, 0) is 20.9 Å². The number of hydrogen-bond acceptors (Lipinski definition) is 5. The van der Waals surface area contributed by atoms with E-state index in [0.29, 0.717) is 11.5 Å². The third-order valence-electron chi connectivity index (χ3n) is 2.27. The molecule has 6 heteroatoms. The van der Waals surface area contributed by atoms with Gasteiger partial charge in [0.1, 0.15) is 11.9 Å². The Bertz CT molecular complexity index is 481. The average Bonchev–Trinajstić information content (AvgIpc) is 2.62. The van der Waals surface area contributed by atoms with E-state index in [-0.39, 0.29) is 6.10 Å². The molecule has 86 valence electrons. The number of nitrogens with one attached hydrogen (secondary N) is 1. The third-order valence-corrected chi connectivity index (χ3v) is 2.27. The van der Waals surface area contributed by atoms with Gasteiger partial charge in [-0.3, -0.25) is 4.40 Å². The Balaban J connectivity index is 2.30. The highest BCUT2D eigenvalue weighted by Crippen LogP contribution is 2.15. The molecule has 0 spiro atoms. The predicted octanol–water partition coefficient (Wildman–Crippen LogP) is 0.419. The number of rotatable bonds is 4. The second-order valence-electron chi connectivity index (χ2n) is 3.66. The second-order valence-corrected chi connectivity index (χ2v) is 3.66. The number of hydrogen-bond donors (Lipinski definition) is 1. The Labute approximate surface area is 93.7 Å². The third kappa shape index (κ3) is 1.96. The molecule has 0 saturated heterocycles. The summed E-state index contributed by atoms with van der Waals surface area (Å²) in [6, 6.07) is 0. The van der Waals surface area contributed by atoms with Gasteiger partial charge >= 0.3 is 0 Å². The summed E-state index contributed by atoms with van der Waals surface area (Å²) in [4.78, 5) is 4.17. The van der Waals surface area contributed by atoms with E-state index < -0.39 is 0 Å². The number of likely N-dealkylation sites (N-methyl/N-ethyl adjacent to an activating group) is 1. The van der Waals surface area contributed by atoms with Gasteiger partial charge in [0.25, 0.3) is 5.88 Å². The number of aryl methyl sites for hydroxylation is 1. The van der Waals surface area contributed by atoms with E-state index in [1.54, 1.807) is 6.20 Å². The van der Waals surface area contributed by atoms with Crippen molar-refractivity contribution < 1.29 is 4.74 Å². The topological polar surface area (TPSA) is 64.3 Å². The van der Waals surface area contributed by atoms with E-state index in [1.165, 1.54) is 0 Å². The molecule has 0 aliphatic carbocycles. The fourth-order valence-corrected chi connectivity index (χ4v) is 1.52. The number of aromatic nitrogens is 4. The zero-order valence-electron chi connectivity index (χ0n) is 9.64. The molecule has 0 aliphatic rings. The Morgan fingerprint density at radius 2 is 2.31 bits per heavy atom. The van der Waals surface area contributed by atoms with Gasteiger partial charge in [0.15, 0.2) is 0 Å². The summed E-state index contributed by atoms with van der Waals surface area (Å²) in [5, 5.41) is 11.1. The summed E-state index contributed by atoms with van der Waals surface area (Å²) in [5.41, 5.74) is 0.656. The Morgan fingerprint density at radius 3 is 3.06 bits per heavy atom. The fourth-order valence-electron chi connectivity index (χ4n) is 1.52. The summed E-state index contributed by atoms with van der Waals surface area (Å²) >= 11 is 0. The summed E-state index contributed by atoms with van der Waals surface area (Å²) in [6.45, 7) is 4.63. The molecule has 1 unspecified atom stereocenters. The van der Waals surface area contributed by atoms with Crippen molar-refractivity contribution >= 4 is 5.65 Å². The monoisotopic (exact) mass is 221 g/mol. The minimum atomic E-state index is 0.0423. The molecule has 2 heterocycles. The lowest BCUT2D eigenvalue weighted by Crippen LogP contribution is -2.26. The van der Waals surface area contributed by atoms with Gasteiger partial charge in [-0.15, -0.1) is 10.2 Å². The van der Waals surface area contributed by atoms with Crippen molar-refractivity contribution in [1.29, 1.82) is 0 Å². The first-order chi connectivity index (χ1) is 7.72. The quantitative estimate of drug-likeness (QED) is 0.810. The molecule has 2 aromatic heterocycles. The number of nitrogens with zero attached hydrogens (tertiary/aromatic N) is 4. The van der Waals surface area contributed by atoms with Crippen molar-refractivity contribution in [1.82, 2.24) is 24.9 Å². The molecule has 1 atom stereocenters. The summed E-state index contributed by atoms with van der Waals surface area (Å²) < 4.78 is 7.54. The molecule has 0 aliphatic heterocycles. The van der Waals surface area contributed by atoms with Crippen molar-refractivity contribution in [3.8, 4) is 5.88 Å². The van der Waals surface area contributed by atoms with Gasteiger partial charge in [-0.1, -0.05) is 0 Å². The molecule has 0 radical (unpaired) electrons. The summed E-state index contributed by atoms with van der Waals surface area (Å²) in [7, 11) is 1.88. The van der Waals surface area contributed by atoms with Crippen LogP contribution in [0.25, 0.3) is 5.65 Å². The largest absolute Gasteiger partial charge is 0.471 e. The molecule has 2 aromatic rings. The van der Waals surface area contributed by atoms with Gasteiger partial charge < -0.3 is 10.1 Å². The molecule has 0 bridgehead atoms. The van der Waals surface area contributed by atoms with Crippen LogP contribution in [0.1, 0.15) is 12.7 Å². The van der Waals surface area contributed by atoms with Crippen LogP contribution in [-0.4, -0.2) is 39.3 Å². The molecule has 0 amide bonds. The standard InChI is InChI=1S/C10H15N5O/c1-7(6-11-3)16-10-9-14-13-8(2)15(9)5-4-12-10/h4-5,7,11H,6H2,1-3H3. The Kier molecular flexibility index (Phi) is 3.00. The van der Waals surface area contributed by atoms with Crippen LogP contribution in [-0.2, 0) is 0 Å². The van der Waals surface area contributed by atoms with E-state index in [9.17, 15) is 0 Å². The average molecular weight is 221 g/mol. The van der Waals surface area contributed by atoms with Crippen LogP contribution in [0.3, 0.4) is 0 Å². The minimum Gasteiger partial charge on any atom is -0.471 e. The molecule has 0 aromatic carbocycles. The SMILES string of the molecule is CNCC(C)Oc1nccn2c(C)nnc12. The van der Waals surface area contributed by atoms with E-state index in [1.807, 2.05) is 31.5 Å². The molecule has 1 N–H and O–H groups in total. The van der Waals surface area contributed by atoms with Crippen molar-refractivity contribution in [2.24, 2.45) is 0 Å². The molecule has 16 heavy (non-hydrogen) atoms. The van der Waals surface area contributed by atoms with Crippen molar-refractivity contribution in [2.75, 3.05) is 13.6 Å². The van der Waals surface area contributed by atoms with Gasteiger partial charge in [0.05, 0.1) is 0 Å². The van der Waals surface area contributed by atoms with Crippen LogP contribution >= 0.6 is 0 Å². The maximum atomic E-state index is 5.68.